The lowest BCUT2D eigenvalue weighted by Crippen LogP contribution is -2.30. The predicted octanol–water partition coefficient (Wildman–Crippen LogP) is 0.758. The van der Waals surface area contributed by atoms with Crippen molar-refractivity contribution in [3.8, 4) is 0 Å². The SMILES string of the molecule is CCC(C)CNC(=O)CCNC. The van der Waals surface area contributed by atoms with Crippen LogP contribution in [0.4, 0.5) is 0 Å². The van der Waals surface area contributed by atoms with Gasteiger partial charge >= 0.3 is 0 Å². The smallest absolute Gasteiger partial charge is 0.221 e. The fourth-order valence-corrected chi connectivity index (χ4v) is 0.759. The van der Waals surface area contributed by atoms with Crippen LogP contribution in [0.2, 0.25) is 0 Å². The molecule has 0 aliphatic heterocycles. The van der Waals surface area contributed by atoms with Crippen LogP contribution in [0.5, 0.6) is 0 Å². The monoisotopic (exact) mass is 172 g/mol. The average molecular weight is 172 g/mol. The van der Waals surface area contributed by atoms with Crippen LogP contribution in [0.1, 0.15) is 26.7 Å². The van der Waals surface area contributed by atoms with Crippen LogP contribution in [-0.2, 0) is 4.79 Å². The maximum absolute atomic E-state index is 11.1. The van der Waals surface area contributed by atoms with Crippen molar-refractivity contribution in [3.05, 3.63) is 0 Å². The van der Waals surface area contributed by atoms with E-state index in [0.717, 1.165) is 19.5 Å². The van der Waals surface area contributed by atoms with E-state index in [1.54, 1.807) is 0 Å². The van der Waals surface area contributed by atoms with Crippen LogP contribution in [0.3, 0.4) is 0 Å². The van der Waals surface area contributed by atoms with Gasteiger partial charge in [-0.3, -0.25) is 4.79 Å². The van der Waals surface area contributed by atoms with Gasteiger partial charge in [0.2, 0.25) is 5.91 Å². The number of carbonyl (C=O) groups is 1. The first-order valence-electron chi connectivity index (χ1n) is 4.62. The Balaban J connectivity index is 3.31. The third-order valence-electron chi connectivity index (χ3n) is 1.95. The molecule has 1 amide bonds. The Kier molecular flexibility index (Phi) is 6.76. The quantitative estimate of drug-likeness (QED) is 0.621. The predicted molar refractivity (Wildman–Crippen MR) is 51.0 cm³/mol. The summed E-state index contributed by atoms with van der Waals surface area (Å²) in [5.74, 6) is 0.730. The van der Waals surface area contributed by atoms with E-state index >= 15 is 0 Å². The molecule has 0 rings (SSSR count). The van der Waals surface area contributed by atoms with Crippen molar-refractivity contribution in [3.63, 3.8) is 0 Å². The highest BCUT2D eigenvalue weighted by Crippen LogP contribution is 1.96. The molecule has 3 nitrogen and oxygen atoms in total. The van der Waals surface area contributed by atoms with Crippen LogP contribution in [-0.4, -0.2) is 26.0 Å². The highest BCUT2D eigenvalue weighted by molar-refractivity contribution is 5.76. The van der Waals surface area contributed by atoms with E-state index < -0.39 is 0 Å². The molecule has 0 fully saturated rings. The van der Waals surface area contributed by atoms with Crippen molar-refractivity contribution in [2.75, 3.05) is 20.1 Å². The van der Waals surface area contributed by atoms with Crippen molar-refractivity contribution < 1.29 is 4.79 Å². The molecule has 0 aliphatic rings. The van der Waals surface area contributed by atoms with E-state index in [0.29, 0.717) is 12.3 Å². The summed E-state index contributed by atoms with van der Waals surface area (Å²) in [4.78, 5) is 11.1. The van der Waals surface area contributed by atoms with Crippen molar-refractivity contribution in [1.82, 2.24) is 10.6 Å². The average Bonchev–Trinajstić information content (AvgIpc) is 2.10. The van der Waals surface area contributed by atoms with E-state index in [2.05, 4.69) is 24.5 Å². The van der Waals surface area contributed by atoms with Gasteiger partial charge in [0.1, 0.15) is 0 Å². The third-order valence-corrected chi connectivity index (χ3v) is 1.95. The van der Waals surface area contributed by atoms with Gasteiger partial charge in [-0.15, -0.1) is 0 Å². The zero-order valence-corrected chi connectivity index (χ0v) is 8.31. The lowest BCUT2D eigenvalue weighted by molar-refractivity contribution is -0.121. The number of hydrogen-bond donors (Lipinski definition) is 2. The first-order chi connectivity index (χ1) is 5.70. The molecule has 1 unspecified atom stereocenters. The van der Waals surface area contributed by atoms with E-state index in [1.165, 1.54) is 0 Å². The van der Waals surface area contributed by atoms with E-state index in [1.807, 2.05) is 7.05 Å². The molecule has 3 heteroatoms. The van der Waals surface area contributed by atoms with E-state index in [-0.39, 0.29) is 5.91 Å². The molecule has 0 aromatic rings. The molecule has 12 heavy (non-hydrogen) atoms. The molecule has 0 spiro atoms. The standard InChI is InChI=1S/C9H20N2O/c1-4-8(2)7-11-9(12)5-6-10-3/h8,10H,4-7H2,1-3H3,(H,11,12). The Morgan fingerprint density at radius 2 is 2.17 bits per heavy atom. The van der Waals surface area contributed by atoms with Crippen LogP contribution in [0.25, 0.3) is 0 Å². The number of hydrogen-bond acceptors (Lipinski definition) is 2. The Bertz CT molecular complexity index is 126. The van der Waals surface area contributed by atoms with Crippen LogP contribution >= 0.6 is 0 Å². The lowest BCUT2D eigenvalue weighted by Gasteiger charge is -2.09. The third kappa shape index (κ3) is 6.16. The summed E-state index contributed by atoms with van der Waals surface area (Å²) in [6.45, 7) is 5.83. The van der Waals surface area contributed by atoms with Gasteiger partial charge in [-0.1, -0.05) is 20.3 Å². The van der Waals surface area contributed by atoms with Gasteiger partial charge in [-0.25, -0.2) is 0 Å². The number of carbonyl (C=O) groups excluding carboxylic acids is 1. The van der Waals surface area contributed by atoms with Crippen molar-refractivity contribution >= 4 is 5.91 Å². The molecule has 0 saturated heterocycles. The molecule has 0 heterocycles. The zero-order chi connectivity index (χ0) is 9.40. The van der Waals surface area contributed by atoms with E-state index in [4.69, 9.17) is 0 Å². The second-order valence-electron chi connectivity index (χ2n) is 3.17. The Labute approximate surface area is 74.9 Å². The van der Waals surface area contributed by atoms with Gasteiger partial charge in [0.15, 0.2) is 0 Å². The first-order valence-corrected chi connectivity index (χ1v) is 4.62. The Hall–Kier alpha value is -0.570. The largest absolute Gasteiger partial charge is 0.356 e. The summed E-state index contributed by atoms with van der Waals surface area (Å²) < 4.78 is 0. The van der Waals surface area contributed by atoms with Crippen molar-refractivity contribution in [1.29, 1.82) is 0 Å². The highest BCUT2D eigenvalue weighted by atomic mass is 16.1. The molecule has 0 radical (unpaired) electrons. The van der Waals surface area contributed by atoms with Gasteiger partial charge in [0.05, 0.1) is 0 Å². The fourth-order valence-electron chi connectivity index (χ4n) is 0.759. The summed E-state index contributed by atoms with van der Waals surface area (Å²) in [6, 6.07) is 0. The summed E-state index contributed by atoms with van der Waals surface area (Å²) in [5.41, 5.74) is 0. The molecular formula is C9H20N2O. The van der Waals surface area contributed by atoms with Gasteiger partial charge < -0.3 is 10.6 Å². The fraction of sp³-hybridized carbons (Fsp3) is 0.889. The molecular weight excluding hydrogens is 152 g/mol. The minimum atomic E-state index is 0.143. The van der Waals surface area contributed by atoms with Crippen LogP contribution < -0.4 is 10.6 Å². The number of nitrogens with one attached hydrogen (secondary N) is 2. The lowest BCUT2D eigenvalue weighted by atomic mass is 10.1. The first kappa shape index (κ1) is 11.4. The van der Waals surface area contributed by atoms with Gasteiger partial charge in [0.25, 0.3) is 0 Å². The van der Waals surface area contributed by atoms with Crippen LogP contribution in [0, 0.1) is 5.92 Å². The van der Waals surface area contributed by atoms with Gasteiger partial charge in [-0.2, -0.15) is 0 Å². The Morgan fingerprint density at radius 1 is 1.50 bits per heavy atom. The number of rotatable bonds is 6. The highest BCUT2D eigenvalue weighted by Gasteiger charge is 2.02. The molecule has 0 saturated carbocycles. The molecule has 1 atom stereocenters. The van der Waals surface area contributed by atoms with Crippen LogP contribution in [0.15, 0.2) is 0 Å². The van der Waals surface area contributed by atoms with E-state index in [9.17, 15) is 4.79 Å². The normalized spacial score (nSPS) is 12.6. The van der Waals surface area contributed by atoms with Gasteiger partial charge in [-0.05, 0) is 13.0 Å². The molecule has 0 aliphatic carbocycles. The molecule has 0 aromatic carbocycles. The molecule has 2 N–H and O–H groups in total. The Morgan fingerprint density at radius 3 is 2.67 bits per heavy atom. The minimum absolute atomic E-state index is 0.143. The van der Waals surface area contributed by atoms with Crippen molar-refractivity contribution in [2.45, 2.75) is 26.7 Å². The molecule has 72 valence electrons. The second kappa shape index (κ2) is 7.10. The maximum atomic E-state index is 11.1. The zero-order valence-electron chi connectivity index (χ0n) is 8.31. The number of amides is 1. The summed E-state index contributed by atoms with van der Waals surface area (Å²) in [6.07, 6.45) is 1.69. The summed E-state index contributed by atoms with van der Waals surface area (Å²) in [5, 5.41) is 5.83. The van der Waals surface area contributed by atoms with Crippen molar-refractivity contribution in [2.24, 2.45) is 5.92 Å². The topological polar surface area (TPSA) is 41.1 Å². The second-order valence-corrected chi connectivity index (χ2v) is 3.17. The summed E-state index contributed by atoms with van der Waals surface area (Å²) in [7, 11) is 1.85. The minimum Gasteiger partial charge on any atom is -0.356 e. The molecule has 0 aromatic heterocycles. The molecule has 0 bridgehead atoms. The van der Waals surface area contributed by atoms with Gasteiger partial charge in [0, 0.05) is 19.5 Å². The summed E-state index contributed by atoms with van der Waals surface area (Å²) >= 11 is 0. The maximum Gasteiger partial charge on any atom is 0.221 e.